The number of nitrogens with one attached hydrogen (secondary N) is 1. The lowest BCUT2D eigenvalue weighted by molar-refractivity contribution is 0.255. The zero-order valence-corrected chi connectivity index (χ0v) is 23.2. The normalized spacial score (nSPS) is 14.9. The lowest BCUT2D eigenvalue weighted by Gasteiger charge is -2.29. The van der Waals surface area contributed by atoms with Gasteiger partial charge in [-0.3, -0.25) is 9.78 Å². The Balaban J connectivity index is 1.41. The minimum Gasteiger partial charge on any atom is -0.507 e. The maximum absolute atomic E-state index is 13.5. The minimum absolute atomic E-state index is 0.0183. The lowest BCUT2D eigenvalue weighted by atomic mass is 9.93. The van der Waals surface area contributed by atoms with Gasteiger partial charge in [-0.15, -0.1) is 0 Å². The van der Waals surface area contributed by atoms with E-state index >= 15 is 0 Å². The van der Waals surface area contributed by atoms with Gasteiger partial charge < -0.3 is 14.6 Å². The highest BCUT2D eigenvalue weighted by Gasteiger charge is 2.30. The summed E-state index contributed by atoms with van der Waals surface area (Å²) in [4.78, 5) is 25.1. The summed E-state index contributed by atoms with van der Waals surface area (Å²) in [5, 5.41) is 14.2. The van der Waals surface area contributed by atoms with Gasteiger partial charge in [0.05, 0.1) is 22.3 Å². The zero-order valence-electron chi connectivity index (χ0n) is 20.9. The summed E-state index contributed by atoms with van der Waals surface area (Å²) >= 11 is 12.7. The first kappa shape index (κ1) is 27.7. The molecule has 0 amide bonds. The van der Waals surface area contributed by atoms with E-state index in [0.717, 1.165) is 22.2 Å². The van der Waals surface area contributed by atoms with E-state index in [-0.39, 0.29) is 44.6 Å². The molecule has 0 bridgehead atoms. The van der Waals surface area contributed by atoms with Crippen molar-refractivity contribution in [3.8, 4) is 28.7 Å². The smallest absolute Gasteiger partial charge is 0.349 e. The van der Waals surface area contributed by atoms with Crippen molar-refractivity contribution in [1.29, 1.82) is 0 Å². The van der Waals surface area contributed by atoms with Crippen LogP contribution in [0.1, 0.15) is 17.9 Å². The van der Waals surface area contributed by atoms with Crippen molar-refractivity contribution in [2.45, 2.75) is 17.2 Å². The Kier molecular flexibility index (Phi) is 7.60. The van der Waals surface area contributed by atoms with Gasteiger partial charge in [0.25, 0.3) is 5.56 Å². The van der Waals surface area contributed by atoms with Gasteiger partial charge in [0.15, 0.2) is 5.75 Å². The first-order valence-electron chi connectivity index (χ1n) is 11.9. The van der Waals surface area contributed by atoms with Crippen molar-refractivity contribution in [2.24, 2.45) is 0 Å². The molecule has 0 radical (unpaired) electrons. The Bertz CT molecular complexity index is 1800. The van der Waals surface area contributed by atoms with Gasteiger partial charge in [0.1, 0.15) is 28.3 Å². The van der Waals surface area contributed by atoms with Crippen LogP contribution in [-0.4, -0.2) is 52.8 Å². The maximum atomic E-state index is 13.5. The molecule has 0 saturated carbocycles. The molecule has 2 N–H and O–H groups in total. The lowest BCUT2D eigenvalue weighted by Crippen LogP contribution is -2.33. The molecule has 1 aliphatic heterocycles. The number of hydrogen-bond donors (Lipinski definition) is 2. The molecule has 0 saturated heterocycles. The number of rotatable bonds is 7. The van der Waals surface area contributed by atoms with Crippen LogP contribution in [0.5, 0.6) is 23.0 Å². The number of sulfonamides is 1. The molecule has 4 aromatic rings. The van der Waals surface area contributed by atoms with Crippen LogP contribution in [0.3, 0.4) is 0 Å². The monoisotopic (exact) mass is 604 g/mol. The number of likely N-dealkylation sites (N-methyl/N-ethyl adjacent to an activating group) is 1. The Morgan fingerprint density at radius 3 is 2.60 bits per heavy atom. The van der Waals surface area contributed by atoms with E-state index < -0.39 is 27.0 Å². The van der Waals surface area contributed by atoms with Gasteiger partial charge in [-0.05, 0) is 42.3 Å². The number of para-hydroxylation sites is 1. The summed E-state index contributed by atoms with van der Waals surface area (Å²) < 4.78 is 40.6. The Labute approximate surface area is 238 Å². The van der Waals surface area contributed by atoms with E-state index in [1.807, 2.05) is 24.3 Å². The Morgan fingerprint density at radius 2 is 1.88 bits per heavy atom. The van der Waals surface area contributed by atoms with Gasteiger partial charge >= 0.3 is 5.69 Å². The van der Waals surface area contributed by atoms with E-state index in [1.165, 1.54) is 41.7 Å². The third kappa shape index (κ3) is 5.43. The predicted octanol–water partition coefficient (Wildman–Crippen LogP) is 3.91. The number of H-pyrrole nitrogens is 1. The Hall–Kier alpha value is -3.84. The zero-order chi connectivity index (χ0) is 28.6. The van der Waals surface area contributed by atoms with Gasteiger partial charge in [0.2, 0.25) is 10.0 Å². The summed E-state index contributed by atoms with van der Waals surface area (Å²) in [6.07, 6.45) is 1.56. The summed E-state index contributed by atoms with van der Waals surface area (Å²) in [6, 6.07) is 13.9. The van der Waals surface area contributed by atoms with Gasteiger partial charge in [-0.2, -0.15) is 9.78 Å². The molecular formula is C26H22Cl2N4O7S. The largest absolute Gasteiger partial charge is 0.507 e. The average Bonchev–Trinajstić information content (AvgIpc) is 2.91. The van der Waals surface area contributed by atoms with Gasteiger partial charge in [-0.25, -0.2) is 17.5 Å². The van der Waals surface area contributed by atoms with Crippen molar-refractivity contribution in [1.82, 2.24) is 19.1 Å². The third-order valence-corrected chi connectivity index (χ3v) is 8.75. The van der Waals surface area contributed by atoms with E-state index in [9.17, 15) is 23.1 Å². The molecule has 1 aromatic heterocycles. The number of nitrogens with zero attached hydrogens (tertiary/aromatic N) is 3. The second kappa shape index (κ2) is 11.0. The summed E-state index contributed by atoms with van der Waals surface area (Å²) in [6.45, 7) is 0.641. The first-order chi connectivity index (χ1) is 19.0. The van der Waals surface area contributed by atoms with E-state index in [1.54, 1.807) is 0 Å². The van der Waals surface area contributed by atoms with Crippen molar-refractivity contribution in [2.75, 3.05) is 20.2 Å². The summed E-state index contributed by atoms with van der Waals surface area (Å²) in [5.74, 6) is 0.195. The number of halogens is 2. The van der Waals surface area contributed by atoms with Crippen LogP contribution in [0.15, 0.2) is 75.3 Å². The molecule has 0 fully saturated rings. The fourth-order valence-corrected chi connectivity index (χ4v) is 6.23. The molecule has 3 aromatic carbocycles. The highest BCUT2D eigenvalue weighted by Crippen LogP contribution is 2.40. The number of aromatic hydroxyl groups is 1. The second-order valence-corrected chi connectivity index (χ2v) is 11.8. The average molecular weight is 605 g/mol. The molecule has 5 rings (SSSR count). The molecule has 0 spiro atoms. The number of phenols is 1. The summed E-state index contributed by atoms with van der Waals surface area (Å²) in [7, 11) is -2.69. The number of aromatic amines is 1. The number of aromatic nitrogens is 3. The molecule has 14 heteroatoms. The van der Waals surface area contributed by atoms with Crippen molar-refractivity contribution in [3.63, 3.8) is 0 Å². The SMILES string of the molecule is CN(CC1CCOc2ccccc21)S(=O)(=O)c1cc(Oc2c(Cl)cc(-n3ncc(=O)[nH]c3=O)cc2Cl)ccc1O. The molecule has 1 aliphatic rings. The standard InChI is InChI=1S/C26H22Cl2N4O7S/c1-31(14-15-8-9-38-22-5-3-2-4-18(15)22)40(36,37)23-12-17(6-7-21(23)33)39-25-19(27)10-16(11-20(25)28)32-26(35)30-24(34)13-29-32/h2-7,10-13,15,33H,8-9,14H2,1H3,(H,30,34,35). The number of hydrogen-bond acceptors (Lipinski definition) is 8. The first-order valence-corrected chi connectivity index (χ1v) is 14.1. The number of phenolic OH excluding ortho intramolecular Hbond substituents is 1. The topological polar surface area (TPSA) is 144 Å². The number of fused-ring (bicyclic) bond motifs is 1. The van der Waals surface area contributed by atoms with Crippen LogP contribution in [-0.2, 0) is 10.0 Å². The van der Waals surface area contributed by atoms with Crippen molar-refractivity contribution >= 4 is 33.2 Å². The molecule has 0 aliphatic carbocycles. The van der Waals surface area contributed by atoms with Crippen molar-refractivity contribution < 1.29 is 23.0 Å². The van der Waals surface area contributed by atoms with Crippen LogP contribution in [0.2, 0.25) is 10.0 Å². The van der Waals surface area contributed by atoms with E-state index in [0.29, 0.717) is 13.0 Å². The molecule has 2 heterocycles. The number of ether oxygens (including phenoxy) is 2. The van der Waals surface area contributed by atoms with Crippen LogP contribution < -0.4 is 20.7 Å². The quantitative estimate of drug-likeness (QED) is 0.323. The highest BCUT2D eigenvalue weighted by atomic mass is 35.5. The van der Waals surface area contributed by atoms with Crippen LogP contribution in [0.4, 0.5) is 0 Å². The molecule has 11 nitrogen and oxygen atoms in total. The van der Waals surface area contributed by atoms with Crippen molar-refractivity contribution in [3.05, 3.63) is 97.2 Å². The molecule has 1 atom stereocenters. The third-order valence-electron chi connectivity index (χ3n) is 6.34. The summed E-state index contributed by atoms with van der Waals surface area (Å²) in [5.41, 5.74) is -0.382. The molecular weight excluding hydrogens is 583 g/mol. The molecule has 40 heavy (non-hydrogen) atoms. The maximum Gasteiger partial charge on any atom is 0.349 e. The fraction of sp³-hybridized carbons (Fsp3) is 0.192. The second-order valence-electron chi connectivity index (χ2n) is 8.98. The van der Waals surface area contributed by atoms with Gasteiger partial charge in [0, 0.05) is 25.6 Å². The predicted molar refractivity (Wildman–Crippen MR) is 148 cm³/mol. The minimum atomic E-state index is -4.14. The van der Waals surface area contributed by atoms with Crippen LogP contribution in [0, 0.1) is 0 Å². The molecule has 208 valence electrons. The van der Waals surface area contributed by atoms with Crippen LogP contribution in [0.25, 0.3) is 5.69 Å². The van der Waals surface area contributed by atoms with Gasteiger partial charge in [-0.1, -0.05) is 41.4 Å². The number of benzene rings is 3. The fourth-order valence-electron chi connectivity index (χ4n) is 4.37. The highest BCUT2D eigenvalue weighted by molar-refractivity contribution is 7.89. The van der Waals surface area contributed by atoms with E-state index in [4.69, 9.17) is 32.7 Å². The van der Waals surface area contributed by atoms with E-state index in [2.05, 4.69) is 10.1 Å². The molecule has 1 unspecified atom stereocenters. The Morgan fingerprint density at radius 1 is 1.15 bits per heavy atom. The van der Waals surface area contributed by atoms with Crippen LogP contribution >= 0.6 is 23.2 Å².